The molecular formula is C18H23N5O2. The van der Waals surface area contributed by atoms with Crippen molar-refractivity contribution in [3.8, 4) is 11.4 Å². The maximum atomic E-state index is 12.2. The molecule has 7 nitrogen and oxygen atoms in total. The fraction of sp³-hybridized carbons (Fsp3) is 0.556. The van der Waals surface area contributed by atoms with E-state index in [9.17, 15) is 4.79 Å². The first kappa shape index (κ1) is 16.1. The van der Waals surface area contributed by atoms with Gasteiger partial charge in [-0.25, -0.2) is 4.68 Å². The van der Waals surface area contributed by atoms with Crippen LogP contribution in [0.2, 0.25) is 0 Å². The second-order valence-corrected chi connectivity index (χ2v) is 7.24. The number of ether oxygens (including phenoxy) is 1. The zero-order valence-electron chi connectivity index (χ0n) is 14.3. The fourth-order valence-electron chi connectivity index (χ4n) is 4.45. The quantitative estimate of drug-likeness (QED) is 0.869. The van der Waals surface area contributed by atoms with Crippen molar-refractivity contribution in [2.24, 2.45) is 17.8 Å². The highest BCUT2D eigenvalue weighted by Crippen LogP contribution is 2.49. The largest absolute Gasteiger partial charge is 0.484 e. The van der Waals surface area contributed by atoms with Crippen LogP contribution in [-0.4, -0.2) is 38.8 Å². The molecule has 4 atom stereocenters. The lowest BCUT2D eigenvalue weighted by Gasteiger charge is -2.28. The number of amides is 1. The predicted octanol–water partition coefficient (Wildman–Crippen LogP) is 1.98. The van der Waals surface area contributed by atoms with Crippen LogP contribution in [-0.2, 0) is 4.79 Å². The highest BCUT2D eigenvalue weighted by atomic mass is 16.5. The summed E-state index contributed by atoms with van der Waals surface area (Å²) in [6, 6.07) is 7.57. The molecule has 132 valence electrons. The first-order valence-electron chi connectivity index (χ1n) is 8.94. The van der Waals surface area contributed by atoms with E-state index >= 15 is 0 Å². The molecule has 25 heavy (non-hydrogen) atoms. The van der Waals surface area contributed by atoms with E-state index in [0.717, 1.165) is 17.5 Å². The molecule has 0 spiro atoms. The van der Waals surface area contributed by atoms with Crippen molar-refractivity contribution >= 4 is 5.91 Å². The van der Waals surface area contributed by atoms with Crippen LogP contribution in [0.4, 0.5) is 0 Å². The van der Waals surface area contributed by atoms with E-state index in [4.69, 9.17) is 4.74 Å². The van der Waals surface area contributed by atoms with E-state index in [1.54, 1.807) is 4.68 Å². The van der Waals surface area contributed by atoms with Crippen LogP contribution < -0.4 is 10.1 Å². The summed E-state index contributed by atoms with van der Waals surface area (Å²) in [6.07, 6.45) is 6.84. The number of tetrazole rings is 1. The van der Waals surface area contributed by atoms with E-state index in [-0.39, 0.29) is 18.6 Å². The van der Waals surface area contributed by atoms with Crippen LogP contribution in [0.3, 0.4) is 0 Å². The van der Waals surface area contributed by atoms with Crippen LogP contribution in [0.5, 0.6) is 5.75 Å². The minimum atomic E-state index is -0.0666. The first-order valence-corrected chi connectivity index (χ1v) is 8.94. The van der Waals surface area contributed by atoms with E-state index < -0.39 is 0 Å². The maximum Gasteiger partial charge on any atom is 0.258 e. The Labute approximate surface area is 146 Å². The van der Waals surface area contributed by atoms with Crippen LogP contribution >= 0.6 is 0 Å². The first-order chi connectivity index (χ1) is 12.2. The van der Waals surface area contributed by atoms with Gasteiger partial charge in [0.25, 0.3) is 5.91 Å². The molecule has 7 heteroatoms. The van der Waals surface area contributed by atoms with Crippen molar-refractivity contribution < 1.29 is 9.53 Å². The number of rotatable bonds is 6. The molecule has 0 radical (unpaired) electrons. The average molecular weight is 341 g/mol. The van der Waals surface area contributed by atoms with Gasteiger partial charge in [-0.2, -0.15) is 0 Å². The summed E-state index contributed by atoms with van der Waals surface area (Å²) in [5.41, 5.74) is 0.790. The number of nitrogens with one attached hydrogen (secondary N) is 1. The van der Waals surface area contributed by atoms with Gasteiger partial charge in [-0.15, -0.1) is 5.10 Å². The van der Waals surface area contributed by atoms with E-state index in [1.807, 2.05) is 24.3 Å². The van der Waals surface area contributed by atoms with Gasteiger partial charge in [-0.05, 0) is 66.5 Å². The molecule has 1 aromatic carbocycles. The summed E-state index contributed by atoms with van der Waals surface area (Å²) in [6.45, 7) is 2.14. The Morgan fingerprint density at radius 2 is 2.32 bits per heavy atom. The maximum absolute atomic E-state index is 12.2. The monoisotopic (exact) mass is 341 g/mol. The molecule has 0 saturated heterocycles. The van der Waals surface area contributed by atoms with Gasteiger partial charge in [0.1, 0.15) is 12.1 Å². The molecule has 1 amide bonds. The number of fused-ring (bicyclic) bond motifs is 2. The number of carbonyl (C=O) groups excluding carboxylic acids is 1. The van der Waals surface area contributed by atoms with E-state index in [2.05, 4.69) is 27.8 Å². The van der Waals surface area contributed by atoms with E-state index in [0.29, 0.717) is 11.7 Å². The highest BCUT2D eigenvalue weighted by Gasteiger charge is 2.42. The molecule has 4 rings (SSSR count). The Morgan fingerprint density at radius 3 is 3.04 bits per heavy atom. The van der Waals surface area contributed by atoms with Gasteiger partial charge in [-0.3, -0.25) is 4.79 Å². The third kappa shape index (κ3) is 3.50. The second kappa shape index (κ2) is 6.82. The third-order valence-corrected chi connectivity index (χ3v) is 5.62. The number of hydrogen-bond acceptors (Lipinski definition) is 5. The molecule has 4 unspecified atom stereocenters. The Kier molecular flexibility index (Phi) is 4.38. The molecule has 2 aliphatic rings. The zero-order valence-corrected chi connectivity index (χ0v) is 14.3. The van der Waals surface area contributed by atoms with Gasteiger partial charge in [0.15, 0.2) is 6.61 Å². The van der Waals surface area contributed by atoms with Crippen molar-refractivity contribution in [3.63, 3.8) is 0 Å². The standard InChI is InChI=1S/C18H23N5O2/c1-12(17-8-13-5-6-14(17)7-13)20-18(24)10-25-16-4-2-3-15(9-16)23-11-19-21-22-23/h2-4,9,11-14,17H,5-8,10H2,1H3,(H,20,24). The van der Waals surface area contributed by atoms with Crippen molar-refractivity contribution in [3.05, 3.63) is 30.6 Å². The highest BCUT2D eigenvalue weighted by molar-refractivity contribution is 5.77. The molecule has 2 aliphatic carbocycles. The minimum Gasteiger partial charge on any atom is -0.484 e. The van der Waals surface area contributed by atoms with Gasteiger partial charge in [-0.1, -0.05) is 12.5 Å². The molecule has 2 saturated carbocycles. The summed E-state index contributed by atoms with van der Waals surface area (Å²) >= 11 is 0. The Morgan fingerprint density at radius 1 is 1.40 bits per heavy atom. The molecule has 1 heterocycles. The molecule has 1 N–H and O–H groups in total. The third-order valence-electron chi connectivity index (χ3n) is 5.62. The summed E-state index contributed by atoms with van der Waals surface area (Å²) in [4.78, 5) is 12.2. The smallest absolute Gasteiger partial charge is 0.258 e. The Hall–Kier alpha value is -2.44. The van der Waals surface area contributed by atoms with Crippen LogP contribution in [0.25, 0.3) is 5.69 Å². The Bertz CT molecular complexity index is 733. The molecule has 2 aromatic rings. The summed E-state index contributed by atoms with van der Waals surface area (Å²) < 4.78 is 7.18. The number of aromatic nitrogens is 4. The summed E-state index contributed by atoms with van der Waals surface area (Å²) in [5, 5.41) is 14.2. The number of hydrogen-bond donors (Lipinski definition) is 1. The van der Waals surface area contributed by atoms with E-state index in [1.165, 1.54) is 32.0 Å². The van der Waals surface area contributed by atoms with Gasteiger partial charge in [0.2, 0.25) is 0 Å². The Balaban J connectivity index is 1.29. The second-order valence-electron chi connectivity index (χ2n) is 7.24. The van der Waals surface area contributed by atoms with Crippen LogP contribution in [0.15, 0.2) is 30.6 Å². The SMILES string of the molecule is CC(NC(=O)COc1cccc(-n2cnnn2)c1)C1CC2CCC1C2. The topological polar surface area (TPSA) is 81.9 Å². The summed E-state index contributed by atoms with van der Waals surface area (Å²) in [5.74, 6) is 2.87. The molecule has 1 aromatic heterocycles. The molecular weight excluding hydrogens is 318 g/mol. The number of carbonyl (C=O) groups is 1. The lowest BCUT2D eigenvalue weighted by atomic mass is 9.84. The lowest BCUT2D eigenvalue weighted by molar-refractivity contribution is -0.124. The summed E-state index contributed by atoms with van der Waals surface area (Å²) in [7, 11) is 0. The van der Waals surface area contributed by atoms with Crippen LogP contribution in [0, 0.1) is 17.8 Å². The number of benzene rings is 1. The minimum absolute atomic E-state index is 0.0181. The van der Waals surface area contributed by atoms with Gasteiger partial charge in [0.05, 0.1) is 5.69 Å². The fourth-order valence-corrected chi connectivity index (χ4v) is 4.45. The van der Waals surface area contributed by atoms with Crippen molar-refractivity contribution in [1.29, 1.82) is 0 Å². The lowest BCUT2D eigenvalue weighted by Crippen LogP contribution is -2.42. The van der Waals surface area contributed by atoms with Crippen molar-refractivity contribution in [1.82, 2.24) is 25.5 Å². The predicted molar refractivity (Wildman–Crippen MR) is 91.2 cm³/mol. The normalized spacial score (nSPS) is 25.7. The van der Waals surface area contributed by atoms with Gasteiger partial charge >= 0.3 is 0 Å². The molecule has 2 fully saturated rings. The van der Waals surface area contributed by atoms with Crippen molar-refractivity contribution in [2.45, 2.75) is 38.6 Å². The molecule has 2 bridgehead atoms. The van der Waals surface area contributed by atoms with Crippen molar-refractivity contribution in [2.75, 3.05) is 6.61 Å². The van der Waals surface area contributed by atoms with Gasteiger partial charge in [0, 0.05) is 12.1 Å². The number of nitrogens with zero attached hydrogens (tertiary/aromatic N) is 4. The van der Waals surface area contributed by atoms with Crippen LogP contribution in [0.1, 0.15) is 32.6 Å². The average Bonchev–Trinajstić information content (AvgIpc) is 3.37. The zero-order chi connectivity index (χ0) is 17.2. The molecule has 0 aliphatic heterocycles. The van der Waals surface area contributed by atoms with Gasteiger partial charge < -0.3 is 10.1 Å².